The second-order valence-electron chi connectivity index (χ2n) is 5.24. The van der Waals surface area contributed by atoms with Crippen molar-refractivity contribution in [2.45, 2.75) is 25.7 Å². The molecule has 17 heavy (non-hydrogen) atoms. The Labute approximate surface area is 113 Å². The number of carboxylic acid groups (broad SMARTS) is 1. The van der Waals surface area contributed by atoms with Crippen LogP contribution in [-0.2, 0) is 14.9 Å². The Kier molecular flexibility index (Phi) is 3.36. The van der Waals surface area contributed by atoms with E-state index < -0.39 is 11.4 Å². The van der Waals surface area contributed by atoms with E-state index in [1.54, 1.807) is 25.2 Å². The van der Waals surface area contributed by atoms with Gasteiger partial charge in [0, 0.05) is 4.88 Å². The third-order valence-corrected chi connectivity index (χ3v) is 5.08. The second kappa shape index (κ2) is 4.37. The molecule has 1 aromatic rings. The van der Waals surface area contributed by atoms with Crippen molar-refractivity contribution >= 4 is 33.2 Å². The number of carboxylic acids is 1. The zero-order chi connectivity index (χ0) is 12.7. The third kappa shape index (κ3) is 2.41. The predicted octanol–water partition coefficient (Wildman–Crippen LogP) is 3.28. The van der Waals surface area contributed by atoms with Gasteiger partial charge >= 0.3 is 5.97 Å². The summed E-state index contributed by atoms with van der Waals surface area (Å²) in [4.78, 5) is 12.4. The maximum Gasteiger partial charge on any atom is 0.309 e. The minimum atomic E-state index is -0.751. The van der Waals surface area contributed by atoms with E-state index in [0.29, 0.717) is 19.6 Å². The molecule has 0 amide bonds. The molecule has 5 heteroatoms. The van der Waals surface area contributed by atoms with Gasteiger partial charge in [0.2, 0.25) is 0 Å². The molecule has 0 saturated carbocycles. The van der Waals surface area contributed by atoms with E-state index in [9.17, 15) is 9.90 Å². The molecule has 0 aromatic carbocycles. The van der Waals surface area contributed by atoms with Crippen molar-refractivity contribution < 1.29 is 14.6 Å². The molecule has 0 unspecified atom stereocenters. The molecule has 0 radical (unpaired) electrons. The van der Waals surface area contributed by atoms with Gasteiger partial charge in [-0.1, -0.05) is 0 Å². The maximum absolute atomic E-state index is 11.2. The first-order valence-corrected chi connectivity index (χ1v) is 7.04. The fourth-order valence-corrected chi connectivity index (χ4v) is 3.74. The zero-order valence-corrected chi connectivity index (χ0v) is 12.2. The van der Waals surface area contributed by atoms with Crippen LogP contribution in [0.4, 0.5) is 0 Å². The Balaban J connectivity index is 2.24. The third-order valence-electron chi connectivity index (χ3n) is 3.21. The lowest BCUT2D eigenvalue weighted by Crippen LogP contribution is -2.50. The molecule has 2 rings (SSSR count). The van der Waals surface area contributed by atoms with Crippen LogP contribution in [-0.4, -0.2) is 24.3 Å². The van der Waals surface area contributed by atoms with Crippen LogP contribution in [0.3, 0.4) is 0 Å². The highest BCUT2D eigenvalue weighted by molar-refractivity contribution is 9.11. The van der Waals surface area contributed by atoms with Gasteiger partial charge < -0.3 is 9.84 Å². The molecule has 0 atom stereocenters. The molecule has 0 aliphatic carbocycles. The van der Waals surface area contributed by atoms with Gasteiger partial charge in [-0.15, -0.1) is 11.3 Å². The molecular formula is C12H15BrO3S. The van der Waals surface area contributed by atoms with E-state index in [-0.39, 0.29) is 5.41 Å². The highest BCUT2D eigenvalue weighted by Gasteiger charge is 2.47. The second-order valence-corrected chi connectivity index (χ2v) is 7.71. The average molecular weight is 319 g/mol. The highest BCUT2D eigenvalue weighted by Crippen LogP contribution is 2.45. The molecule has 0 spiro atoms. The summed E-state index contributed by atoms with van der Waals surface area (Å²) in [5.74, 6) is -0.751. The summed E-state index contributed by atoms with van der Waals surface area (Å²) in [6, 6.07) is 4.07. The van der Waals surface area contributed by atoms with Gasteiger partial charge in [0.1, 0.15) is 0 Å². The lowest BCUT2D eigenvalue weighted by Gasteiger charge is -2.44. The minimum Gasteiger partial charge on any atom is -0.481 e. The number of rotatable bonds is 4. The number of carbonyl (C=O) groups is 1. The molecule has 3 nitrogen and oxygen atoms in total. The van der Waals surface area contributed by atoms with Crippen LogP contribution in [0, 0.1) is 5.41 Å². The monoisotopic (exact) mass is 318 g/mol. The maximum atomic E-state index is 11.2. The molecule has 2 heterocycles. The zero-order valence-electron chi connectivity index (χ0n) is 9.83. The molecule has 1 N–H and O–H groups in total. The molecule has 1 aromatic heterocycles. The first kappa shape index (κ1) is 13.1. The summed E-state index contributed by atoms with van der Waals surface area (Å²) in [7, 11) is 0. The standard InChI is InChI=1S/C12H15BrO3S/c1-11(2,10(14)15)5-12(6-16-7-12)8-3-4-9(13)17-8/h3-4H,5-7H2,1-2H3,(H,14,15). The Morgan fingerprint density at radius 3 is 2.59 bits per heavy atom. The Hall–Kier alpha value is -0.390. The number of hydrogen-bond donors (Lipinski definition) is 1. The normalized spacial score (nSPS) is 18.8. The van der Waals surface area contributed by atoms with Crippen LogP contribution in [0.1, 0.15) is 25.1 Å². The van der Waals surface area contributed by atoms with E-state index in [1.807, 2.05) is 6.07 Å². The SMILES string of the molecule is CC(C)(CC1(c2ccc(Br)s2)COC1)C(=O)O. The van der Waals surface area contributed by atoms with Crippen LogP contribution >= 0.6 is 27.3 Å². The van der Waals surface area contributed by atoms with Gasteiger partial charge in [0.15, 0.2) is 0 Å². The van der Waals surface area contributed by atoms with E-state index in [2.05, 4.69) is 22.0 Å². The number of halogens is 1. The number of thiophene rings is 1. The van der Waals surface area contributed by atoms with E-state index in [4.69, 9.17) is 4.74 Å². The number of hydrogen-bond acceptors (Lipinski definition) is 3. The van der Waals surface area contributed by atoms with Crippen LogP contribution < -0.4 is 0 Å². The van der Waals surface area contributed by atoms with E-state index in [0.717, 1.165) is 3.79 Å². The predicted molar refractivity (Wildman–Crippen MR) is 70.5 cm³/mol. The van der Waals surface area contributed by atoms with Gasteiger partial charge in [0.25, 0.3) is 0 Å². The average Bonchev–Trinajstić information content (AvgIpc) is 2.58. The largest absolute Gasteiger partial charge is 0.481 e. The Bertz CT molecular complexity index is 435. The molecular weight excluding hydrogens is 304 g/mol. The quantitative estimate of drug-likeness (QED) is 0.926. The highest BCUT2D eigenvalue weighted by atomic mass is 79.9. The summed E-state index contributed by atoms with van der Waals surface area (Å²) in [5, 5.41) is 9.23. The van der Waals surface area contributed by atoms with E-state index >= 15 is 0 Å². The van der Waals surface area contributed by atoms with Crippen molar-refractivity contribution in [3.63, 3.8) is 0 Å². The van der Waals surface area contributed by atoms with Crippen LogP contribution in [0.5, 0.6) is 0 Å². The van der Waals surface area contributed by atoms with Crippen molar-refractivity contribution in [1.29, 1.82) is 0 Å². The molecule has 0 bridgehead atoms. The lowest BCUT2D eigenvalue weighted by atomic mass is 9.70. The van der Waals surface area contributed by atoms with Crippen LogP contribution in [0.25, 0.3) is 0 Å². The van der Waals surface area contributed by atoms with Gasteiger partial charge in [-0.3, -0.25) is 4.79 Å². The van der Waals surface area contributed by atoms with E-state index in [1.165, 1.54) is 4.88 Å². The number of aliphatic carboxylic acids is 1. The van der Waals surface area contributed by atoms with Gasteiger partial charge in [-0.2, -0.15) is 0 Å². The lowest BCUT2D eigenvalue weighted by molar-refractivity contribution is -0.152. The summed E-state index contributed by atoms with van der Waals surface area (Å²) in [6.07, 6.45) is 0.613. The van der Waals surface area contributed by atoms with Crippen LogP contribution in [0.2, 0.25) is 0 Å². The molecule has 1 saturated heterocycles. The minimum absolute atomic E-state index is 0.113. The van der Waals surface area contributed by atoms with Gasteiger partial charge in [-0.25, -0.2) is 0 Å². The Morgan fingerprint density at radius 1 is 1.59 bits per heavy atom. The summed E-state index contributed by atoms with van der Waals surface area (Å²) >= 11 is 5.11. The fourth-order valence-electron chi connectivity index (χ4n) is 2.20. The summed E-state index contributed by atoms with van der Waals surface area (Å²) < 4.78 is 6.40. The molecule has 94 valence electrons. The topological polar surface area (TPSA) is 46.5 Å². The van der Waals surface area contributed by atoms with Crippen molar-refractivity contribution in [2.24, 2.45) is 5.41 Å². The van der Waals surface area contributed by atoms with Crippen molar-refractivity contribution in [3.05, 3.63) is 20.8 Å². The number of ether oxygens (including phenoxy) is 1. The van der Waals surface area contributed by atoms with Crippen molar-refractivity contribution in [1.82, 2.24) is 0 Å². The molecule has 1 fully saturated rings. The summed E-state index contributed by atoms with van der Waals surface area (Å²) in [6.45, 7) is 4.80. The summed E-state index contributed by atoms with van der Waals surface area (Å²) in [5.41, 5.74) is -0.835. The van der Waals surface area contributed by atoms with Crippen molar-refractivity contribution in [2.75, 3.05) is 13.2 Å². The van der Waals surface area contributed by atoms with Crippen LogP contribution in [0.15, 0.2) is 15.9 Å². The molecule has 1 aliphatic heterocycles. The fraction of sp³-hybridized carbons (Fsp3) is 0.583. The van der Waals surface area contributed by atoms with Crippen molar-refractivity contribution in [3.8, 4) is 0 Å². The van der Waals surface area contributed by atoms with Gasteiger partial charge in [0.05, 0.1) is 27.8 Å². The first-order valence-electron chi connectivity index (χ1n) is 5.43. The first-order chi connectivity index (χ1) is 7.86. The smallest absolute Gasteiger partial charge is 0.309 e. The Morgan fingerprint density at radius 2 is 2.24 bits per heavy atom. The van der Waals surface area contributed by atoms with Gasteiger partial charge in [-0.05, 0) is 48.3 Å². The molecule has 1 aliphatic rings.